The molecule has 1 saturated carbocycles. The molecule has 1 aliphatic carbocycles. The van der Waals surface area contributed by atoms with Gasteiger partial charge in [0.25, 0.3) is 5.91 Å². The van der Waals surface area contributed by atoms with Crippen molar-refractivity contribution in [2.75, 3.05) is 12.4 Å². The van der Waals surface area contributed by atoms with Crippen LogP contribution in [0.1, 0.15) is 49.4 Å². The molecule has 3 nitrogen and oxygen atoms in total. The molecule has 4 heteroatoms. The van der Waals surface area contributed by atoms with Crippen molar-refractivity contribution in [3.8, 4) is 0 Å². The molecule has 2 unspecified atom stereocenters. The first kappa shape index (κ1) is 15.2. The van der Waals surface area contributed by atoms with Crippen molar-refractivity contribution in [2.45, 2.75) is 45.1 Å². The predicted octanol–water partition coefficient (Wildman–Crippen LogP) is 4.08. The van der Waals surface area contributed by atoms with Crippen LogP contribution in [0, 0.1) is 5.92 Å². The number of benzene rings is 1. The van der Waals surface area contributed by atoms with E-state index in [1.165, 1.54) is 19.3 Å². The van der Waals surface area contributed by atoms with Crippen LogP contribution in [0.3, 0.4) is 0 Å². The van der Waals surface area contributed by atoms with E-state index in [0.29, 0.717) is 16.6 Å². The van der Waals surface area contributed by atoms with Crippen LogP contribution in [0.5, 0.6) is 0 Å². The molecule has 2 atom stereocenters. The number of carbonyl (C=O) groups excluding carboxylic acids is 1. The summed E-state index contributed by atoms with van der Waals surface area (Å²) >= 11 is 6.00. The first-order valence-electron chi connectivity index (χ1n) is 7.42. The maximum absolute atomic E-state index is 12.4. The average molecular weight is 295 g/mol. The lowest BCUT2D eigenvalue weighted by molar-refractivity contribution is 0.0920. The number of amides is 1. The van der Waals surface area contributed by atoms with Gasteiger partial charge in [-0.15, -0.1) is 0 Å². The molecule has 2 rings (SSSR count). The lowest BCUT2D eigenvalue weighted by Crippen LogP contribution is -2.38. The SMILES string of the molecule is CCC1CCCC(NC(=O)c2cc(Cl)ccc2NC)C1. The Balaban J connectivity index is 2.06. The van der Waals surface area contributed by atoms with Gasteiger partial charge in [0.15, 0.2) is 0 Å². The maximum atomic E-state index is 12.4. The third kappa shape index (κ3) is 3.66. The molecule has 0 aliphatic heterocycles. The Morgan fingerprint density at radius 3 is 2.90 bits per heavy atom. The lowest BCUT2D eigenvalue weighted by atomic mass is 9.84. The van der Waals surface area contributed by atoms with E-state index in [4.69, 9.17) is 11.6 Å². The summed E-state index contributed by atoms with van der Waals surface area (Å²) in [7, 11) is 1.81. The Kier molecular flexibility index (Phi) is 5.30. The van der Waals surface area contributed by atoms with E-state index in [0.717, 1.165) is 24.4 Å². The Hall–Kier alpha value is -1.22. The third-order valence-corrected chi connectivity index (χ3v) is 4.43. The molecule has 2 N–H and O–H groups in total. The van der Waals surface area contributed by atoms with E-state index in [-0.39, 0.29) is 5.91 Å². The van der Waals surface area contributed by atoms with Gasteiger partial charge in [-0.3, -0.25) is 4.79 Å². The first-order valence-corrected chi connectivity index (χ1v) is 7.80. The van der Waals surface area contributed by atoms with Crippen LogP contribution >= 0.6 is 11.6 Å². The zero-order chi connectivity index (χ0) is 14.5. The summed E-state index contributed by atoms with van der Waals surface area (Å²) < 4.78 is 0. The van der Waals surface area contributed by atoms with Crippen molar-refractivity contribution >= 4 is 23.2 Å². The topological polar surface area (TPSA) is 41.1 Å². The zero-order valence-electron chi connectivity index (χ0n) is 12.2. The van der Waals surface area contributed by atoms with Crippen LogP contribution in [-0.2, 0) is 0 Å². The van der Waals surface area contributed by atoms with E-state index in [1.54, 1.807) is 12.1 Å². The van der Waals surface area contributed by atoms with Gasteiger partial charge in [0.05, 0.1) is 5.56 Å². The molecule has 110 valence electrons. The van der Waals surface area contributed by atoms with Crippen LogP contribution in [0.25, 0.3) is 0 Å². The summed E-state index contributed by atoms with van der Waals surface area (Å²) in [4.78, 5) is 12.4. The van der Waals surface area contributed by atoms with Crippen molar-refractivity contribution < 1.29 is 4.79 Å². The lowest BCUT2D eigenvalue weighted by Gasteiger charge is -2.29. The zero-order valence-corrected chi connectivity index (χ0v) is 13.0. The van der Waals surface area contributed by atoms with Gasteiger partial charge in [0.2, 0.25) is 0 Å². The molecule has 0 radical (unpaired) electrons. The van der Waals surface area contributed by atoms with Crippen molar-refractivity contribution in [1.29, 1.82) is 0 Å². The van der Waals surface area contributed by atoms with E-state index < -0.39 is 0 Å². The molecule has 0 saturated heterocycles. The summed E-state index contributed by atoms with van der Waals surface area (Å²) in [5.41, 5.74) is 1.44. The molecule has 0 bridgehead atoms. The molecule has 1 amide bonds. The van der Waals surface area contributed by atoms with E-state index in [1.807, 2.05) is 13.1 Å². The Morgan fingerprint density at radius 2 is 2.20 bits per heavy atom. The van der Waals surface area contributed by atoms with Gasteiger partial charge >= 0.3 is 0 Å². The van der Waals surface area contributed by atoms with Crippen LogP contribution in [0.2, 0.25) is 5.02 Å². The minimum absolute atomic E-state index is 0.0291. The van der Waals surface area contributed by atoms with Crippen LogP contribution in [-0.4, -0.2) is 19.0 Å². The van der Waals surface area contributed by atoms with Gasteiger partial charge in [-0.05, 0) is 37.0 Å². The summed E-state index contributed by atoms with van der Waals surface area (Å²) in [6, 6.07) is 5.65. The molecule has 0 spiro atoms. The van der Waals surface area contributed by atoms with E-state index in [9.17, 15) is 4.79 Å². The second kappa shape index (κ2) is 6.98. The van der Waals surface area contributed by atoms with E-state index in [2.05, 4.69) is 17.6 Å². The number of nitrogens with one attached hydrogen (secondary N) is 2. The van der Waals surface area contributed by atoms with Crippen LogP contribution in [0.4, 0.5) is 5.69 Å². The number of hydrogen-bond donors (Lipinski definition) is 2. The number of anilines is 1. The van der Waals surface area contributed by atoms with Gasteiger partial charge in [-0.2, -0.15) is 0 Å². The van der Waals surface area contributed by atoms with Crippen molar-refractivity contribution in [3.05, 3.63) is 28.8 Å². The van der Waals surface area contributed by atoms with Crippen molar-refractivity contribution in [1.82, 2.24) is 5.32 Å². The number of halogens is 1. The molecule has 1 fully saturated rings. The standard InChI is InChI=1S/C16H23ClN2O/c1-3-11-5-4-6-13(9-11)19-16(20)14-10-12(17)7-8-15(14)18-2/h7-8,10-11,13,18H,3-6,9H2,1-2H3,(H,19,20). The van der Waals surface area contributed by atoms with Crippen LogP contribution in [0.15, 0.2) is 18.2 Å². The van der Waals surface area contributed by atoms with Gasteiger partial charge in [-0.1, -0.05) is 37.8 Å². The number of carbonyl (C=O) groups is 1. The molecule has 1 aliphatic rings. The smallest absolute Gasteiger partial charge is 0.253 e. The predicted molar refractivity (Wildman–Crippen MR) is 84.5 cm³/mol. The Morgan fingerprint density at radius 1 is 1.40 bits per heavy atom. The normalized spacial score (nSPS) is 22.4. The molecule has 1 aromatic carbocycles. The van der Waals surface area contributed by atoms with Crippen molar-refractivity contribution in [3.63, 3.8) is 0 Å². The molecular weight excluding hydrogens is 272 g/mol. The Labute approximate surface area is 126 Å². The molecule has 0 aromatic heterocycles. The minimum Gasteiger partial charge on any atom is -0.387 e. The highest BCUT2D eigenvalue weighted by Crippen LogP contribution is 2.27. The van der Waals surface area contributed by atoms with Crippen LogP contribution < -0.4 is 10.6 Å². The molecular formula is C16H23ClN2O. The fourth-order valence-electron chi connectivity index (χ4n) is 2.98. The monoisotopic (exact) mass is 294 g/mol. The third-order valence-electron chi connectivity index (χ3n) is 4.19. The van der Waals surface area contributed by atoms with Gasteiger partial charge in [0, 0.05) is 23.8 Å². The van der Waals surface area contributed by atoms with Crippen molar-refractivity contribution in [2.24, 2.45) is 5.92 Å². The molecule has 0 heterocycles. The summed E-state index contributed by atoms with van der Waals surface area (Å²) in [6.07, 6.45) is 5.88. The Bertz CT molecular complexity index is 476. The number of rotatable bonds is 4. The highest BCUT2D eigenvalue weighted by Gasteiger charge is 2.23. The highest BCUT2D eigenvalue weighted by atomic mass is 35.5. The summed E-state index contributed by atoms with van der Waals surface area (Å²) in [5.74, 6) is 0.718. The summed E-state index contributed by atoms with van der Waals surface area (Å²) in [6.45, 7) is 2.23. The quantitative estimate of drug-likeness (QED) is 0.878. The van der Waals surface area contributed by atoms with Gasteiger partial charge in [0.1, 0.15) is 0 Å². The second-order valence-electron chi connectivity index (χ2n) is 5.55. The minimum atomic E-state index is -0.0291. The second-order valence-corrected chi connectivity index (χ2v) is 5.99. The number of hydrogen-bond acceptors (Lipinski definition) is 2. The fourth-order valence-corrected chi connectivity index (χ4v) is 3.15. The first-order chi connectivity index (χ1) is 9.63. The molecule has 20 heavy (non-hydrogen) atoms. The van der Waals surface area contributed by atoms with Gasteiger partial charge < -0.3 is 10.6 Å². The highest BCUT2D eigenvalue weighted by molar-refractivity contribution is 6.31. The molecule has 1 aromatic rings. The largest absolute Gasteiger partial charge is 0.387 e. The maximum Gasteiger partial charge on any atom is 0.253 e. The summed E-state index contributed by atoms with van der Waals surface area (Å²) in [5, 5.41) is 6.79. The fraction of sp³-hybridized carbons (Fsp3) is 0.562. The van der Waals surface area contributed by atoms with E-state index >= 15 is 0 Å². The van der Waals surface area contributed by atoms with Gasteiger partial charge in [-0.25, -0.2) is 0 Å². The average Bonchev–Trinajstić information content (AvgIpc) is 2.47.